The molecule has 1 fully saturated rings. The maximum atomic E-state index is 12.9. The van der Waals surface area contributed by atoms with Crippen molar-refractivity contribution in [1.82, 2.24) is 4.57 Å². The van der Waals surface area contributed by atoms with Gasteiger partial charge in [-0.2, -0.15) is 0 Å². The van der Waals surface area contributed by atoms with Crippen molar-refractivity contribution >= 4 is 60.6 Å². The Morgan fingerprint density at radius 3 is 2.55 bits per heavy atom. The summed E-state index contributed by atoms with van der Waals surface area (Å²) < 4.78 is 29.0. The number of carboxylic acid groups (broad SMARTS) is 1. The number of carbonyl (C=O) groups is 1. The van der Waals surface area contributed by atoms with E-state index in [-0.39, 0.29) is 35.3 Å². The maximum absolute atomic E-state index is 12.9. The molecule has 0 atom stereocenters. The second-order valence-corrected chi connectivity index (χ2v) is 10.5. The van der Waals surface area contributed by atoms with Crippen LogP contribution in [0, 0.1) is 6.92 Å². The molecule has 2 aromatic rings. The molecule has 1 saturated carbocycles. The number of aliphatic carboxylic acids is 1. The lowest BCUT2D eigenvalue weighted by Gasteiger charge is -2.21. The van der Waals surface area contributed by atoms with Gasteiger partial charge in [0.2, 0.25) is 10.0 Å². The number of rotatable bonds is 7. The Morgan fingerprint density at radius 1 is 1.34 bits per heavy atom. The lowest BCUT2D eigenvalue weighted by molar-refractivity contribution is -0.137. The zero-order chi connectivity index (χ0) is 21.6. The van der Waals surface area contributed by atoms with Gasteiger partial charge >= 0.3 is 5.97 Å². The topological polar surface area (TPSA) is 118 Å². The third kappa shape index (κ3) is 4.29. The van der Waals surface area contributed by atoms with Crippen LogP contribution in [0.5, 0.6) is 0 Å². The summed E-state index contributed by atoms with van der Waals surface area (Å²) in [4.78, 5) is 23.5. The molecule has 1 aromatic heterocycles. The molecule has 1 aliphatic carbocycles. The first-order valence-electron chi connectivity index (χ1n) is 8.62. The molecule has 8 nitrogen and oxygen atoms in total. The molecule has 3 rings (SSSR count). The van der Waals surface area contributed by atoms with E-state index in [1.54, 1.807) is 25.1 Å². The van der Waals surface area contributed by atoms with Crippen molar-refractivity contribution < 1.29 is 18.3 Å². The summed E-state index contributed by atoms with van der Waals surface area (Å²) >= 11 is 9.56. The van der Waals surface area contributed by atoms with Crippen LogP contribution in [0.2, 0.25) is 5.02 Å². The molecule has 0 bridgehead atoms. The number of sulfonamides is 1. The Kier molecular flexibility index (Phi) is 5.72. The first-order chi connectivity index (χ1) is 13.5. The average Bonchev–Trinajstić information content (AvgIpc) is 3.38. The Bertz CT molecular complexity index is 1160. The van der Waals surface area contributed by atoms with E-state index in [1.807, 2.05) is 0 Å². The van der Waals surface area contributed by atoms with Crippen LogP contribution in [0.25, 0.3) is 0 Å². The highest BCUT2D eigenvalue weighted by Gasteiger charge is 2.56. The van der Waals surface area contributed by atoms with Gasteiger partial charge in [0.05, 0.1) is 28.5 Å². The Hall–Kier alpha value is -2.04. The molecule has 3 N–H and O–H groups in total. The van der Waals surface area contributed by atoms with Crippen molar-refractivity contribution in [1.29, 1.82) is 0 Å². The number of nitrogens with zero attached hydrogens (tertiary/aromatic N) is 1. The second-order valence-electron chi connectivity index (χ2n) is 7.07. The summed E-state index contributed by atoms with van der Waals surface area (Å²) in [5.74, 6) is -1.18. The minimum absolute atomic E-state index is 0.139. The van der Waals surface area contributed by atoms with Gasteiger partial charge in [-0.1, -0.05) is 27.5 Å². The summed E-state index contributed by atoms with van der Waals surface area (Å²) in [6.07, 6.45) is 1.41. The van der Waals surface area contributed by atoms with Crippen LogP contribution in [0.4, 0.5) is 17.1 Å². The van der Waals surface area contributed by atoms with Crippen molar-refractivity contribution in [2.45, 2.75) is 30.9 Å². The molecule has 11 heteroatoms. The molecule has 0 spiro atoms. The zero-order valence-corrected chi connectivity index (χ0v) is 18.8. The predicted molar refractivity (Wildman–Crippen MR) is 116 cm³/mol. The fourth-order valence-electron chi connectivity index (χ4n) is 3.06. The standard InChI is InChI=1S/C18H19BrClN3O5S/c1-10-16(21-13-4-3-11(19)7-12(13)20)14(9-23(2)17(10)26)22-29(27,28)18(5-6-18)8-15(24)25/h3-4,7,9,21-22H,5-6,8H2,1-2H3,(H,24,25). The number of nitrogens with one attached hydrogen (secondary N) is 2. The van der Waals surface area contributed by atoms with Crippen LogP contribution in [-0.4, -0.2) is 28.8 Å². The quantitative estimate of drug-likeness (QED) is 0.530. The van der Waals surface area contributed by atoms with Crippen LogP contribution in [0.1, 0.15) is 24.8 Å². The van der Waals surface area contributed by atoms with Crippen LogP contribution in [0.3, 0.4) is 0 Å². The number of hydrogen-bond donors (Lipinski definition) is 3. The first-order valence-corrected chi connectivity index (χ1v) is 11.3. The molecule has 29 heavy (non-hydrogen) atoms. The van der Waals surface area contributed by atoms with Gasteiger partial charge < -0.3 is 15.0 Å². The fraction of sp³-hybridized carbons (Fsp3) is 0.333. The van der Waals surface area contributed by atoms with Crippen LogP contribution >= 0.6 is 27.5 Å². The number of pyridine rings is 1. The highest BCUT2D eigenvalue weighted by molar-refractivity contribution is 9.10. The maximum Gasteiger partial charge on any atom is 0.305 e. The molecule has 0 aliphatic heterocycles. The van der Waals surface area contributed by atoms with Crippen LogP contribution in [0.15, 0.2) is 33.7 Å². The van der Waals surface area contributed by atoms with E-state index < -0.39 is 27.2 Å². The minimum atomic E-state index is -4.00. The Morgan fingerprint density at radius 2 is 2.00 bits per heavy atom. The van der Waals surface area contributed by atoms with Crippen LogP contribution < -0.4 is 15.6 Å². The number of aromatic nitrogens is 1. The monoisotopic (exact) mass is 503 g/mol. The molecule has 0 unspecified atom stereocenters. The molecule has 1 aromatic carbocycles. The largest absolute Gasteiger partial charge is 0.481 e. The smallest absolute Gasteiger partial charge is 0.305 e. The van der Waals surface area contributed by atoms with Gasteiger partial charge in [0.25, 0.3) is 5.56 Å². The number of hydrogen-bond acceptors (Lipinski definition) is 5. The van der Waals surface area contributed by atoms with Crippen molar-refractivity contribution in [2.75, 3.05) is 10.0 Å². The third-order valence-corrected chi connectivity index (χ3v) is 7.88. The Labute approximate surface area is 181 Å². The van der Waals surface area contributed by atoms with Crippen molar-refractivity contribution in [2.24, 2.45) is 7.05 Å². The molecule has 1 heterocycles. The number of anilines is 3. The summed E-state index contributed by atoms with van der Waals surface area (Å²) in [7, 11) is -2.49. The second kappa shape index (κ2) is 7.66. The summed E-state index contributed by atoms with van der Waals surface area (Å²) in [5.41, 5.74) is 0.857. The Balaban J connectivity index is 2.05. The predicted octanol–water partition coefficient (Wildman–Crippen LogP) is 3.60. The highest BCUT2D eigenvalue weighted by Crippen LogP contribution is 2.47. The molecular weight excluding hydrogens is 486 g/mol. The van der Waals surface area contributed by atoms with Gasteiger partial charge in [-0.25, -0.2) is 8.42 Å². The zero-order valence-electron chi connectivity index (χ0n) is 15.6. The van der Waals surface area contributed by atoms with Crippen LogP contribution in [-0.2, 0) is 21.9 Å². The fourth-order valence-corrected chi connectivity index (χ4v) is 5.40. The highest BCUT2D eigenvalue weighted by atomic mass is 79.9. The molecule has 0 amide bonds. The third-order valence-electron chi connectivity index (χ3n) is 4.89. The van der Waals surface area contributed by atoms with Gasteiger partial charge in [-0.3, -0.25) is 14.3 Å². The summed E-state index contributed by atoms with van der Waals surface area (Å²) in [5, 5.41) is 12.5. The van der Waals surface area contributed by atoms with Gasteiger partial charge in [-0.05, 0) is 38.0 Å². The van der Waals surface area contributed by atoms with Crippen molar-refractivity contribution in [3.8, 4) is 0 Å². The lowest BCUT2D eigenvalue weighted by Crippen LogP contribution is -2.33. The van der Waals surface area contributed by atoms with E-state index >= 15 is 0 Å². The molecule has 156 valence electrons. The van der Waals surface area contributed by atoms with E-state index in [2.05, 4.69) is 26.0 Å². The van der Waals surface area contributed by atoms with Crippen molar-refractivity contribution in [3.05, 3.63) is 49.8 Å². The van der Waals surface area contributed by atoms with E-state index in [1.165, 1.54) is 17.8 Å². The minimum Gasteiger partial charge on any atom is -0.481 e. The molecule has 1 aliphatic rings. The van der Waals surface area contributed by atoms with Gasteiger partial charge in [0.15, 0.2) is 0 Å². The van der Waals surface area contributed by atoms with E-state index in [0.29, 0.717) is 10.7 Å². The summed E-state index contributed by atoms with van der Waals surface area (Å²) in [6, 6.07) is 5.10. The van der Waals surface area contributed by atoms with E-state index in [4.69, 9.17) is 16.7 Å². The summed E-state index contributed by atoms with van der Waals surface area (Å²) in [6.45, 7) is 1.57. The number of carboxylic acids is 1. The van der Waals surface area contributed by atoms with Crippen molar-refractivity contribution in [3.63, 3.8) is 0 Å². The normalized spacial score (nSPS) is 15.0. The number of halogens is 2. The van der Waals surface area contributed by atoms with Gasteiger partial charge in [0, 0.05) is 23.3 Å². The van der Waals surface area contributed by atoms with E-state index in [0.717, 1.165) is 4.47 Å². The first kappa shape index (κ1) is 21.7. The van der Waals surface area contributed by atoms with E-state index in [9.17, 15) is 18.0 Å². The SMILES string of the molecule is Cc1c(Nc2ccc(Br)cc2Cl)c(NS(=O)(=O)C2(CC(=O)O)CC2)cn(C)c1=O. The average molecular weight is 505 g/mol. The molecule has 0 radical (unpaired) electrons. The lowest BCUT2D eigenvalue weighted by atomic mass is 10.2. The number of benzene rings is 1. The van der Waals surface area contributed by atoms with Gasteiger partial charge in [-0.15, -0.1) is 0 Å². The molecular formula is C18H19BrClN3O5S. The molecule has 0 saturated heterocycles. The van der Waals surface area contributed by atoms with Gasteiger partial charge in [0.1, 0.15) is 4.75 Å². The number of aryl methyl sites for hydroxylation is 1.